The van der Waals surface area contributed by atoms with Crippen LogP contribution in [0.1, 0.15) is 33.2 Å². The van der Waals surface area contributed by atoms with Crippen LogP contribution in [0.4, 0.5) is 0 Å². The Balaban J connectivity index is 3.25. The Hall–Kier alpha value is -0.860. The third kappa shape index (κ3) is 2.34. The Morgan fingerprint density at radius 2 is 1.86 bits per heavy atom. The molecule has 1 aromatic carbocycles. The number of rotatable bonds is 3. The first-order valence-corrected chi connectivity index (χ1v) is 4.84. The zero-order valence-corrected chi connectivity index (χ0v) is 9.02. The fourth-order valence-electron chi connectivity index (χ4n) is 1.20. The van der Waals surface area contributed by atoms with Gasteiger partial charge in [0, 0.05) is 11.1 Å². The number of aryl methyl sites for hydroxylation is 1. The Labute approximate surface area is 91.8 Å². The molecule has 14 heavy (non-hydrogen) atoms. The largest absolute Gasteiger partial charge is 0.276 e. The van der Waals surface area contributed by atoms with E-state index in [4.69, 9.17) is 23.2 Å². The summed E-state index contributed by atoms with van der Waals surface area (Å²) in [6.45, 7) is 1.88. The van der Waals surface area contributed by atoms with Gasteiger partial charge in [-0.2, -0.15) is 0 Å². The molecule has 0 radical (unpaired) electrons. The zero-order valence-electron chi connectivity index (χ0n) is 7.51. The molecule has 74 valence electrons. The molecule has 0 aromatic heterocycles. The number of carbonyl (C=O) groups excluding carboxylic acids is 2. The van der Waals surface area contributed by atoms with Gasteiger partial charge in [0.05, 0.1) is 0 Å². The van der Waals surface area contributed by atoms with E-state index in [1.165, 1.54) is 12.1 Å². The summed E-state index contributed by atoms with van der Waals surface area (Å²) in [6.07, 6.45) is 0.631. The molecule has 2 nitrogen and oxygen atoms in total. The van der Waals surface area contributed by atoms with Crippen LogP contribution < -0.4 is 0 Å². The van der Waals surface area contributed by atoms with Gasteiger partial charge < -0.3 is 0 Å². The van der Waals surface area contributed by atoms with E-state index < -0.39 is 10.5 Å². The summed E-state index contributed by atoms with van der Waals surface area (Å²) in [5.74, 6) is 0. The van der Waals surface area contributed by atoms with Crippen LogP contribution in [0.25, 0.3) is 0 Å². The number of carbonyl (C=O) groups is 2. The predicted octanol–water partition coefficient (Wildman–Crippen LogP) is 3.01. The zero-order chi connectivity index (χ0) is 10.7. The molecule has 0 saturated carbocycles. The summed E-state index contributed by atoms with van der Waals surface area (Å²) in [4.78, 5) is 21.8. The minimum Gasteiger partial charge on any atom is -0.276 e. The Morgan fingerprint density at radius 1 is 1.21 bits per heavy atom. The molecule has 0 amide bonds. The van der Waals surface area contributed by atoms with E-state index in [9.17, 15) is 9.59 Å². The lowest BCUT2D eigenvalue weighted by Crippen LogP contribution is -1.99. The van der Waals surface area contributed by atoms with Crippen molar-refractivity contribution in [3.05, 3.63) is 34.9 Å². The Morgan fingerprint density at radius 3 is 2.29 bits per heavy atom. The Kier molecular flexibility index (Phi) is 3.67. The lowest BCUT2D eigenvalue weighted by molar-refractivity contribution is 0.106. The van der Waals surface area contributed by atoms with E-state index in [1.54, 1.807) is 6.07 Å². The van der Waals surface area contributed by atoms with Gasteiger partial charge in [-0.3, -0.25) is 9.59 Å². The van der Waals surface area contributed by atoms with Crippen molar-refractivity contribution < 1.29 is 9.59 Å². The molecule has 1 aromatic rings. The van der Waals surface area contributed by atoms with Crippen molar-refractivity contribution in [1.29, 1.82) is 0 Å². The highest BCUT2D eigenvalue weighted by molar-refractivity contribution is 6.68. The highest BCUT2D eigenvalue weighted by Gasteiger charge is 2.10. The van der Waals surface area contributed by atoms with Crippen LogP contribution in [0.3, 0.4) is 0 Å². The molecule has 0 aliphatic heterocycles. The molecule has 0 spiro atoms. The molecule has 0 aliphatic rings. The molecule has 0 N–H and O–H groups in total. The second-order valence-electron chi connectivity index (χ2n) is 2.77. The standard InChI is InChI=1S/C10H8Cl2O2/c1-2-6-5-7(9(11)13)3-4-8(6)10(12)14/h3-5H,2H2,1H3. The van der Waals surface area contributed by atoms with Crippen molar-refractivity contribution in [3.63, 3.8) is 0 Å². The van der Waals surface area contributed by atoms with Crippen LogP contribution in [0.5, 0.6) is 0 Å². The maximum absolute atomic E-state index is 11.0. The first-order valence-electron chi connectivity index (χ1n) is 4.08. The summed E-state index contributed by atoms with van der Waals surface area (Å²) in [5.41, 5.74) is 1.54. The van der Waals surface area contributed by atoms with Gasteiger partial charge >= 0.3 is 0 Å². The molecule has 1 rings (SSSR count). The first kappa shape index (κ1) is 11.2. The van der Waals surface area contributed by atoms with E-state index in [0.29, 0.717) is 17.5 Å². The van der Waals surface area contributed by atoms with E-state index in [0.717, 1.165) is 5.56 Å². The van der Waals surface area contributed by atoms with Gasteiger partial charge in [-0.25, -0.2) is 0 Å². The van der Waals surface area contributed by atoms with Crippen LogP contribution in [0, 0.1) is 0 Å². The van der Waals surface area contributed by atoms with Gasteiger partial charge in [-0.05, 0) is 53.4 Å². The summed E-state index contributed by atoms with van der Waals surface area (Å²) in [5, 5.41) is -1.05. The van der Waals surface area contributed by atoms with Crippen LogP contribution in [-0.2, 0) is 6.42 Å². The lowest BCUT2D eigenvalue weighted by Gasteiger charge is -2.04. The minimum atomic E-state index is -0.534. The highest BCUT2D eigenvalue weighted by Crippen LogP contribution is 2.16. The van der Waals surface area contributed by atoms with Crippen molar-refractivity contribution in [1.82, 2.24) is 0 Å². The third-order valence-electron chi connectivity index (χ3n) is 1.92. The maximum Gasteiger partial charge on any atom is 0.252 e. The summed E-state index contributed by atoms with van der Waals surface area (Å²) in [7, 11) is 0. The lowest BCUT2D eigenvalue weighted by atomic mass is 10.0. The van der Waals surface area contributed by atoms with Gasteiger partial charge in [0.15, 0.2) is 0 Å². The van der Waals surface area contributed by atoms with Gasteiger partial charge in [0.25, 0.3) is 10.5 Å². The second-order valence-corrected chi connectivity index (χ2v) is 3.46. The molecule has 0 saturated heterocycles. The minimum absolute atomic E-state index is 0.380. The molecule has 0 heterocycles. The van der Waals surface area contributed by atoms with E-state index in [2.05, 4.69) is 0 Å². The van der Waals surface area contributed by atoms with Crippen molar-refractivity contribution >= 4 is 33.7 Å². The molecule has 0 unspecified atom stereocenters. The van der Waals surface area contributed by atoms with Crippen molar-refractivity contribution in [2.24, 2.45) is 0 Å². The van der Waals surface area contributed by atoms with Gasteiger partial charge in [-0.1, -0.05) is 6.92 Å². The second kappa shape index (κ2) is 4.58. The average Bonchev–Trinajstić information content (AvgIpc) is 2.16. The maximum atomic E-state index is 11.0. The quantitative estimate of drug-likeness (QED) is 0.749. The molecule has 0 bridgehead atoms. The fourth-order valence-corrected chi connectivity index (χ4v) is 1.50. The average molecular weight is 231 g/mol. The molecule has 0 fully saturated rings. The van der Waals surface area contributed by atoms with Crippen LogP contribution in [0.2, 0.25) is 0 Å². The van der Waals surface area contributed by atoms with Crippen LogP contribution in [0.15, 0.2) is 18.2 Å². The topological polar surface area (TPSA) is 34.1 Å². The van der Waals surface area contributed by atoms with Crippen LogP contribution >= 0.6 is 23.2 Å². The number of hydrogen-bond donors (Lipinski definition) is 0. The van der Waals surface area contributed by atoms with Crippen molar-refractivity contribution in [2.45, 2.75) is 13.3 Å². The number of halogens is 2. The van der Waals surface area contributed by atoms with Crippen LogP contribution in [-0.4, -0.2) is 10.5 Å². The van der Waals surface area contributed by atoms with E-state index >= 15 is 0 Å². The molecule has 0 aliphatic carbocycles. The first-order chi connectivity index (χ1) is 6.56. The monoisotopic (exact) mass is 230 g/mol. The Bertz CT molecular complexity index is 386. The van der Waals surface area contributed by atoms with Crippen molar-refractivity contribution in [2.75, 3.05) is 0 Å². The number of hydrogen-bond acceptors (Lipinski definition) is 2. The summed E-state index contributed by atoms with van der Waals surface area (Å²) < 4.78 is 0. The van der Waals surface area contributed by atoms with Gasteiger partial charge in [-0.15, -0.1) is 0 Å². The third-order valence-corrected chi connectivity index (χ3v) is 2.35. The fraction of sp³-hybridized carbons (Fsp3) is 0.200. The predicted molar refractivity (Wildman–Crippen MR) is 56.2 cm³/mol. The van der Waals surface area contributed by atoms with E-state index in [-0.39, 0.29) is 0 Å². The van der Waals surface area contributed by atoms with Gasteiger partial charge in [0.1, 0.15) is 0 Å². The van der Waals surface area contributed by atoms with E-state index in [1.807, 2.05) is 6.92 Å². The van der Waals surface area contributed by atoms with Crippen molar-refractivity contribution in [3.8, 4) is 0 Å². The summed E-state index contributed by atoms with van der Waals surface area (Å²) >= 11 is 10.7. The summed E-state index contributed by atoms with van der Waals surface area (Å²) in [6, 6.07) is 4.60. The highest BCUT2D eigenvalue weighted by atomic mass is 35.5. The molecular formula is C10H8Cl2O2. The molecule has 0 atom stereocenters. The number of benzene rings is 1. The molecule has 4 heteroatoms. The molecular weight excluding hydrogens is 223 g/mol. The normalized spacial score (nSPS) is 9.93. The van der Waals surface area contributed by atoms with Gasteiger partial charge in [0.2, 0.25) is 0 Å². The SMILES string of the molecule is CCc1cc(C(=O)Cl)ccc1C(=O)Cl. The smallest absolute Gasteiger partial charge is 0.252 e.